The second-order valence-corrected chi connectivity index (χ2v) is 6.50. The van der Waals surface area contributed by atoms with Gasteiger partial charge in [-0.2, -0.15) is 0 Å². The van der Waals surface area contributed by atoms with Gasteiger partial charge in [0.15, 0.2) is 0 Å². The van der Waals surface area contributed by atoms with Gasteiger partial charge in [0.25, 0.3) is 5.91 Å². The Kier molecular flexibility index (Phi) is 5.49. The normalized spacial score (nSPS) is 16.6. The van der Waals surface area contributed by atoms with Crippen LogP contribution in [0.15, 0.2) is 48.5 Å². The third-order valence-electron chi connectivity index (χ3n) is 4.45. The number of imide groups is 1. The van der Waals surface area contributed by atoms with E-state index in [2.05, 4.69) is 5.32 Å². The Morgan fingerprint density at radius 3 is 2.33 bits per heavy atom. The predicted molar refractivity (Wildman–Crippen MR) is 98.2 cm³/mol. The number of carbonyl (C=O) groups is 3. The Hall–Kier alpha value is -3.22. The number of rotatable bonds is 7. The number of benzene rings is 2. The van der Waals surface area contributed by atoms with Crippen molar-refractivity contribution in [1.82, 2.24) is 4.90 Å². The Bertz CT molecular complexity index is 850. The van der Waals surface area contributed by atoms with Crippen molar-refractivity contribution in [2.45, 2.75) is 25.3 Å². The van der Waals surface area contributed by atoms with E-state index in [1.807, 2.05) is 0 Å². The maximum Gasteiger partial charge on any atom is 0.252 e. The molecule has 1 saturated heterocycles. The maximum atomic E-state index is 12.9. The molecule has 3 rings (SSSR count). The van der Waals surface area contributed by atoms with Gasteiger partial charge in [-0.15, -0.1) is 0 Å². The SMILES string of the molecule is NC(=O)Cc1ccc(N[C@@H]2CC(=O)N(CCc3ccc(F)cc3)C2=O)cc1. The Morgan fingerprint density at radius 1 is 1.07 bits per heavy atom. The quantitative estimate of drug-likeness (QED) is 0.726. The molecule has 1 aliphatic rings. The summed E-state index contributed by atoms with van der Waals surface area (Å²) < 4.78 is 12.9. The lowest BCUT2D eigenvalue weighted by Crippen LogP contribution is -2.36. The van der Waals surface area contributed by atoms with Crippen molar-refractivity contribution < 1.29 is 18.8 Å². The molecule has 6 nitrogen and oxygen atoms in total. The van der Waals surface area contributed by atoms with Crippen molar-refractivity contribution in [3.63, 3.8) is 0 Å². The fourth-order valence-corrected chi connectivity index (χ4v) is 3.04. The lowest BCUT2D eigenvalue weighted by Gasteiger charge is -2.16. The third kappa shape index (κ3) is 4.69. The average Bonchev–Trinajstić information content (AvgIpc) is 2.89. The van der Waals surface area contributed by atoms with Crippen LogP contribution in [-0.2, 0) is 27.2 Å². The van der Waals surface area contributed by atoms with Gasteiger partial charge in [-0.25, -0.2) is 4.39 Å². The highest BCUT2D eigenvalue weighted by atomic mass is 19.1. The van der Waals surface area contributed by atoms with E-state index < -0.39 is 11.9 Å². The van der Waals surface area contributed by atoms with Gasteiger partial charge >= 0.3 is 0 Å². The number of likely N-dealkylation sites (tertiary alicyclic amines) is 1. The molecule has 0 spiro atoms. The van der Waals surface area contributed by atoms with Crippen LogP contribution in [0.3, 0.4) is 0 Å². The molecular weight excluding hydrogens is 349 g/mol. The number of primary amides is 1. The van der Waals surface area contributed by atoms with Crippen LogP contribution < -0.4 is 11.1 Å². The number of hydrogen-bond donors (Lipinski definition) is 2. The van der Waals surface area contributed by atoms with Crippen LogP contribution in [0.25, 0.3) is 0 Å². The maximum absolute atomic E-state index is 12.9. The molecule has 1 aliphatic heterocycles. The first-order chi connectivity index (χ1) is 12.9. The van der Waals surface area contributed by atoms with E-state index in [1.54, 1.807) is 36.4 Å². The summed E-state index contributed by atoms with van der Waals surface area (Å²) in [5, 5.41) is 3.06. The highest BCUT2D eigenvalue weighted by Crippen LogP contribution is 2.19. The number of anilines is 1. The molecule has 0 bridgehead atoms. The van der Waals surface area contributed by atoms with E-state index in [4.69, 9.17) is 5.73 Å². The summed E-state index contributed by atoms with van der Waals surface area (Å²) in [5.74, 6) is -1.24. The molecule has 2 aromatic carbocycles. The molecule has 3 N–H and O–H groups in total. The zero-order valence-corrected chi connectivity index (χ0v) is 14.7. The molecule has 3 amide bonds. The first-order valence-electron chi connectivity index (χ1n) is 8.65. The molecule has 0 aliphatic carbocycles. The van der Waals surface area contributed by atoms with Gasteiger partial charge in [0, 0.05) is 12.2 Å². The Balaban J connectivity index is 1.58. The fourth-order valence-electron chi connectivity index (χ4n) is 3.04. The van der Waals surface area contributed by atoms with Crippen LogP contribution in [0.5, 0.6) is 0 Å². The lowest BCUT2D eigenvalue weighted by molar-refractivity contribution is -0.138. The average molecular weight is 369 g/mol. The van der Waals surface area contributed by atoms with E-state index >= 15 is 0 Å². The highest BCUT2D eigenvalue weighted by molar-refractivity contribution is 6.06. The molecular formula is C20H20FN3O3. The van der Waals surface area contributed by atoms with Crippen LogP contribution in [0, 0.1) is 5.82 Å². The number of carbonyl (C=O) groups excluding carboxylic acids is 3. The molecule has 27 heavy (non-hydrogen) atoms. The van der Waals surface area contributed by atoms with Crippen molar-refractivity contribution in [3.8, 4) is 0 Å². The van der Waals surface area contributed by atoms with E-state index in [9.17, 15) is 18.8 Å². The third-order valence-corrected chi connectivity index (χ3v) is 4.45. The van der Waals surface area contributed by atoms with Gasteiger partial charge in [-0.1, -0.05) is 24.3 Å². The molecule has 7 heteroatoms. The van der Waals surface area contributed by atoms with Crippen LogP contribution >= 0.6 is 0 Å². The molecule has 0 aromatic heterocycles. The van der Waals surface area contributed by atoms with Crippen LogP contribution in [0.1, 0.15) is 17.5 Å². The second kappa shape index (κ2) is 7.99. The molecule has 0 unspecified atom stereocenters. The van der Waals surface area contributed by atoms with Crippen LogP contribution in [0.4, 0.5) is 10.1 Å². The zero-order valence-electron chi connectivity index (χ0n) is 14.7. The molecule has 0 radical (unpaired) electrons. The minimum atomic E-state index is -0.618. The van der Waals surface area contributed by atoms with E-state index in [1.165, 1.54) is 17.0 Å². The van der Waals surface area contributed by atoms with Crippen molar-refractivity contribution in [2.24, 2.45) is 5.73 Å². The summed E-state index contributed by atoms with van der Waals surface area (Å²) in [4.78, 5) is 36.9. The lowest BCUT2D eigenvalue weighted by atomic mass is 10.1. The van der Waals surface area contributed by atoms with E-state index in [0.29, 0.717) is 12.1 Å². The molecule has 2 aromatic rings. The van der Waals surface area contributed by atoms with Crippen molar-refractivity contribution in [2.75, 3.05) is 11.9 Å². The zero-order chi connectivity index (χ0) is 19.4. The Morgan fingerprint density at radius 2 is 1.70 bits per heavy atom. The molecule has 0 saturated carbocycles. The van der Waals surface area contributed by atoms with E-state index in [-0.39, 0.29) is 37.0 Å². The van der Waals surface area contributed by atoms with Gasteiger partial charge in [-0.05, 0) is 41.8 Å². The minimum Gasteiger partial charge on any atom is -0.373 e. The number of nitrogens with two attached hydrogens (primary N) is 1. The summed E-state index contributed by atoms with van der Waals surface area (Å²) in [7, 11) is 0. The minimum absolute atomic E-state index is 0.0886. The van der Waals surface area contributed by atoms with Crippen molar-refractivity contribution in [3.05, 3.63) is 65.5 Å². The van der Waals surface area contributed by atoms with Gasteiger partial charge < -0.3 is 11.1 Å². The Labute approximate surface area is 156 Å². The van der Waals surface area contributed by atoms with E-state index in [0.717, 1.165) is 11.1 Å². The molecule has 1 heterocycles. The van der Waals surface area contributed by atoms with Gasteiger partial charge in [0.1, 0.15) is 11.9 Å². The van der Waals surface area contributed by atoms with Gasteiger partial charge in [0.05, 0.1) is 12.8 Å². The smallest absolute Gasteiger partial charge is 0.252 e. The number of halogens is 1. The predicted octanol–water partition coefficient (Wildman–Crippen LogP) is 1.64. The topological polar surface area (TPSA) is 92.5 Å². The number of amides is 3. The monoisotopic (exact) mass is 369 g/mol. The second-order valence-electron chi connectivity index (χ2n) is 6.50. The first-order valence-corrected chi connectivity index (χ1v) is 8.65. The summed E-state index contributed by atoms with van der Waals surface area (Å²) in [5.41, 5.74) is 7.49. The van der Waals surface area contributed by atoms with Crippen molar-refractivity contribution >= 4 is 23.4 Å². The number of nitrogens with one attached hydrogen (secondary N) is 1. The van der Waals surface area contributed by atoms with Crippen molar-refractivity contribution in [1.29, 1.82) is 0 Å². The van der Waals surface area contributed by atoms with Gasteiger partial charge in [0.2, 0.25) is 11.8 Å². The molecule has 1 atom stereocenters. The first kappa shape index (κ1) is 18.6. The van der Waals surface area contributed by atoms with Gasteiger partial charge in [-0.3, -0.25) is 19.3 Å². The summed E-state index contributed by atoms with van der Waals surface area (Å²) >= 11 is 0. The summed E-state index contributed by atoms with van der Waals surface area (Å²) in [6.45, 7) is 0.263. The number of nitrogens with zero attached hydrogens (tertiary/aromatic N) is 1. The van der Waals surface area contributed by atoms with Crippen LogP contribution in [-0.4, -0.2) is 35.2 Å². The highest BCUT2D eigenvalue weighted by Gasteiger charge is 2.38. The van der Waals surface area contributed by atoms with Crippen LogP contribution in [0.2, 0.25) is 0 Å². The summed E-state index contributed by atoms with van der Waals surface area (Å²) in [6.07, 6.45) is 0.718. The number of hydrogen-bond acceptors (Lipinski definition) is 4. The molecule has 140 valence electrons. The molecule has 1 fully saturated rings. The largest absolute Gasteiger partial charge is 0.373 e. The summed E-state index contributed by atoms with van der Waals surface area (Å²) in [6, 6.07) is 12.4. The standard InChI is InChI=1S/C20H20FN3O3/c21-15-5-1-13(2-6-15)9-10-24-19(26)12-17(20(24)27)23-16-7-3-14(4-8-16)11-18(22)25/h1-8,17,23H,9-12H2,(H2,22,25)/t17-/m1/s1. The fraction of sp³-hybridized carbons (Fsp3) is 0.250.